The number of benzene rings is 1. The molecule has 1 aromatic carbocycles. The number of allylic oxidation sites excluding steroid dienone is 3. The molecule has 0 unspecified atom stereocenters. The minimum Gasteiger partial charge on any atom is -0.397 e. The van der Waals surface area contributed by atoms with Crippen molar-refractivity contribution in [3.63, 3.8) is 0 Å². The molecule has 2 heterocycles. The van der Waals surface area contributed by atoms with Gasteiger partial charge < -0.3 is 11.1 Å². The molecule has 1 amide bonds. The minimum absolute atomic E-state index is 0.0374. The molecule has 2 aliphatic rings. The Hall–Kier alpha value is -3.62. The van der Waals surface area contributed by atoms with Gasteiger partial charge in [-0.25, -0.2) is 5.84 Å². The van der Waals surface area contributed by atoms with E-state index in [4.69, 9.17) is 11.6 Å². The highest BCUT2D eigenvalue weighted by Gasteiger charge is 2.21. The van der Waals surface area contributed by atoms with Gasteiger partial charge in [-0.05, 0) is 73.7 Å². The van der Waals surface area contributed by atoms with Gasteiger partial charge >= 0.3 is 0 Å². The molecular formula is C32H47N7O. The topological polar surface area (TPSA) is 105 Å². The Morgan fingerprint density at radius 2 is 1.88 bits per heavy atom. The number of anilines is 1. The molecule has 1 fully saturated rings. The summed E-state index contributed by atoms with van der Waals surface area (Å²) < 4.78 is 1.76. The van der Waals surface area contributed by atoms with E-state index in [0.29, 0.717) is 23.4 Å². The van der Waals surface area contributed by atoms with Gasteiger partial charge in [0.15, 0.2) is 0 Å². The summed E-state index contributed by atoms with van der Waals surface area (Å²) in [4.78, 5) is 15.8. The van der Waals surface area contributed by atoms with Crippen molar-refractivity contribution < 1.29 is 4.79 Å². The molecule has 1 aromatic heterocycles. The number of hydrazine groups is 1. The van der Waals surface area contributed by atoms with E-state index in [1.54, 1.807) is 23.1 Å². The first-order valence-corrected chi connectivity index (χ1v) is 14.2. The number of likely N-dealkylation sites (tertiary alicyclic amines) is 1. The van der Waals surface area contributed by atoms with Gasteiger partial charge in [0.1, 0.15) is 0 Å². The predicted octanol–water partition coefficient (Wildman–Crippen LogP) is 5.32. The first-order chi connectivity index (χ1) is 18.9. The van der Waals surface area contributed by atoms with Gasteiger partial charge in [-0.15, -0.1) is 0 Å². The molecule has 8 heteroatoms. The minimum atomic E-state index is -0.168. The second-order valence-electron chi connectivity index (χ2n) is 11.3. The van der Waals surface area contributed by atoms with Crippen molar-refractivity contribution in [3.8, 4) is 0 Å². The zero-order valence-corrected chi connectivity index (χ0v) is 25.5. The van der Waals surface area contributed by atoms with Gasteiger partial charge in [0.25, 0.3) is 5.91 Å². The quantitative estimate of drug-likeness (QED) is 0.321. The number of nitrogens with two attached hydrogens (primary N) is 2. The molecule has 1 saturated heterocycles. The number of nitrogens with zero attached hydrogens (tertiary/aromatic N) is 4. The Kier molecular flexibility index (Phi) is 10.2. The van der Waals surface area contributed by atoms with E-state index in [0.717, 1.165) is 42.2 Å². The summed E-state index contributed by atoms with van der Waals surface area (Å²) in [5.41, 5.74) is 14.1. The molecule has 8 nitrogen and oxygen atoms in total. The third-order valence-electron chi connectivity index (χ3n) is 7.32. The van der Waals surface area contributed by atoms with E-state index in [1.807, 2.05) is 46.9 Å². The van der Waals surface area contributed by atoms with E-state index in [9.17, 15) is 4.79 Å². The summed E-state index contributed by atoms with van der Waals surface area (Å²) in [7, 11) is 1.87. The van der Waals surface area contributed by atoms with Gasteiger partial charge in [-0.1, -0.05) is 52.8 Å². The molecule has 2 aromatic rings. The van der Waals surface area contributed by atoms with E-state index in [-0.39, 0.29) is 11.3 Å². The summed E-state index contributed by atoms with van der Waals surface area (Å²) in [6.07, 6.45) is 12.0. The lowest BCUT2D eigenvalue weighted by Gasteiger charge is -2.31. The van der Waals surface area contributed by atoms with Crippen molar-refractivity contribution >= 4 is 17.3 Å². The van der Waals surface area contributed by atoms with Gasteiger partial charge in [-0.2, -0.15) is 5.10 Å². The molecule has 0 spiro atoms. The molecule has 4 rings (SSSR count). The van der Waals surface area contributed by atoms with Crippen LogP contribution in [0.25, 0.3) is 5.70 Å². The number of carbonyl (C=O) groups excluding carboxylic acids is 1. The summed E-state index contributed by atoms with van der Waals surface area (Å²) >= 11 is 0. The number of rotatable bonds is 7. The highest BCUT2D eigenvalue weighted by atomic mass is 16.1. The predicted molar refractivity (Wildman–Crippen MR) is 166 cm³/mol. The van der Waals surface area contributed by atoms with Crippen LogP contribution < -0.4 is 21.9 Å². The third-order valence-corrected chi connectivity index (χ3v) is 7.32. The van der Waals surface area contributed by atoms with E-state index in [2.05, 4.69) is 54.3 Å². The average molecular weight is 546 g/mol. The van der Waals surface area contributed by atoms with Crippen molar-refractivity contribution in [3.05, 3.63) is 88.1 Å². The lowest BCUT2D eigenvalue weighted by molar-refractivity contribution is 0.0965. The van der Waals surface area contributed by atoms with Gasteiger partial charge in [0.2, 0.25) is 0 Å². The van der Waals surface area contributed by atoms with Crippen molar-refractivity contribution in [1.29, 1.82) is 0 Å². The van der Waals surface area contributed by atoms with Crippen LogP contribution in [0.2, 0.25) is 0 Å². The number of aryl methyl sites for hydroxylation is 2. The zero-order chi connectivity index (χ0) is 29.6. The van der Waals surface area contributed by atoms with Crippen LogP contribution in [0.3, 0.4) is 0 Å². The highest BCUT2D eigenvalue weighted by molar-refractivity contribution is 5.96. The molecule has 1 aliphatic carbocycles. The van der Waals surface area contributed by atoms with Crippen LogP contribution >= 0.6 is 0 Å². The Bertz CT molecular complexity index is 1330. The van der Waals surface area contributed by atoms with Gasteiger partial charge in [-0.3, -0.25) is 19.4 Å². The maximum Gasteiger partial charge on any atom is 0.255 e. The molecule has 0 atom stereocenters. The Morgan fingerprint density at radius 1 is 1.18 bits per heavy atom. The molecule has 0 radical (unpaired) electrons. The lowest BCUT2D eigenvalue weighted by atomic mass is 9.85. The molecule has 0 bridgehead atoms. The van der Waals surface area contributed by atoms with Gasteiger partial charge in [0.05, 0.1) is 17.6 Å². The van der Waals surface area contributed by atoms with Crippen LogP contribution in [0, 0.1) is 19.3 Å². The van der Waals surface area contributed by atoms with Crippen LogP contribution in [0.4, 0.5) is 5.69 Å². The first-order valence-electron chi connectivity index (χ1n) is 14.2. The fourth-order valence-corrected chi connectivity index (χ4v) is 4.53. The second kappa shape index (κ2) is 13.2. The Balaban J connectivity index is 0.00000216. The number of aromatic nitrogens is 2. The number of hydrogen-bond acceptors (Lipinski definition) is 6. The normalized spacial score (nSPS) is 16.0. The monoisotopic (exact) mass is 545 g/mol. The third kappa shape index (κ3) is 7.52. The van der Waals surface area contributed by atoms with Crippen LogP contribution in [-0.4, -0.2) is 40.2 Å². The van der Waals surface area contributed by atoms with E-state index < -0.39 is 0 Å². The number of nitrogens with one attached hydrogen (secondary N) is 1. The molecule has 0 saturated carbocycles. The summed E-state index contributed by atoms with van der Waals surface area (Å²) in [5.74, 6) is 6.22. The van der Waals surface area contributed by atoms with E-state index >= 15 is 0 Å². The maximum absolute atomic E-state index is 13.4. The largest absolute Gasteiger partial charge is 0.397 e. The fraction of sp³-hybridized carbons (Fsp3) is 0.438. The summed E-state index contributed by atoms with van der Waals surface area (Å²) in [5, 5.41) is 8.86. The number of hydrogen-bond donors (Lipinski definition) is 3. The Morgan fingerprint density at radius 3 is 2.45 bits per heavy atom. The van der Waals surface area contributed by atoms with Crippen LogP contribution in [0.15, 0.2) is 65.7 Å². The summed E-state index contributed by atoms with van der Waals surface area (Å²) in [6, 6.07) is 5.52. The summed E-state index contributed by atoms with van der Waals surface area (Å²) in [6.45, 7) is 17.8. The second-order valence-corrected chi connectivity index (χ2v) is 11.3. The zero-order valence-electron chi connectivity index (χ0n) is 25.5. The lowest BCUT2D eigenvalue weighted by Crippen LogP contribution is -2.38. The number of carbonyl (C=O) groups is 1. The smallest absolute Gasteiger partial charge is 0.255 e. The van der Waals surface area contributed by atoms with Gasteiger partial charge in [0, 0.05) is 48.7 Å². The van der Waals surface area contributed by atoms with Crippen molar-refractivity contribution in [2.75, 3.05) is 24.6 Å². The van der Waals surface area contributed by atoms with Crippen LogP contribution in [0.1, 0.15) is 74.6 Å². The first kappa shape index (κ1) is 30.9. The van der Waals surface area contributed by atoms with Crippen molar-refractivity contribution in [2.24, 2.45) is 24.0 Å². The molecule has 40 heavy (non-hydrogen) atoms. The maximum atomic E-state index is 13.4. The van der Waals surface area contributed by atoms with Crippen molar-refractivity contribution in [2.45, 2.75) is 61.3 Å². The molecule has 216 valence electrons. The highest BCUT2D eigenvalue weighted by Crippen LogP contribution is 2.31. The average Bonchev–Trinajstić information content (AvgIpc) is 3.08. The Labute approximate surface area is 240 Å². The van der Waals surface area contributed by atoms with E-state index in [1.165, 1.54) is 22.6 Å². The van der Waals surface area contributed by atoms with Crippen LogP contribution in [-0.2, 0) is 7.05 Å². The molecule has 1 aliphatic heterocycles. The van der Waals surface area contributed by atoms with Crippen molar-refractivity contribution in [1.82, 2.24) is 20.0 Å². The standard InChI is InChI=1S/C30H41N7O.C2H6/c1-20-8-10-23(15-28(20)37(32)19-27(31)26-17-33-35(6)21(26)2)29(38)34-25-11-9-22(18-36-12-7-13-36)14-24(16-25)30(3,4)5;1-2/h8-10,14-17,19H,7,11-13,18,31-32H2,1-6H3,(H,34,38);1-2H3/b27-19-;. The number of amides is 1. The molecule has 5 N–H and O–H groups in total. The SMILES string of the molecule is CC.Cc1ccc(C(=O)NC2=CC(C(C)(C)C)=CC(CN3CCC3)=CC2)cc1N(N)/C=C(\N)c1cnn(C)c1C. The molecular weight excluding hydrogens is 498 g/mol. The van der Waals surface area contributed by atoms with Crippen LogP contribution in [0.5, 0.6) is 0 Å². The fourth-order valence-electron chi connectivity index (χ4n) is 4.53.